The Morgan fingerprint density at radius 1 is 1.42 bits per heavy atom. The molecule has 2 N–H and O–H groups in total. The Morgan fingerprint density at radius 2 is 2.26 bits per heavy atom. The van der Waals surface area contributed by atoms with Crippen molar-refractivity contribution in [2.45, 2.75) is 6.04 Å². The number of carbonyl (C=O) groups is 1. The topological polar surface area (TPSA) is 46.4 Å². The number of likely N-dealkylation sites (N-methyl/N-ethyl adjacent to an activating group) is 1. The molecular formula is C14H18N3OS+. The Balaban J connectivity index is 2.01. The van der Waals surface area contributed by atoms with Gasteiger partial charge in [-0.2, -0.15) is 0 Å². The van der Waals surface area contributed by atoms with Crippen LogP contribution in [0, 0.1) is 0 Å². The van der Waals surface area contributed by atoms with Crippen LogP contribution in [0.5, 0.6) is 0 Å². The summed E-state index contributed by atoms with van der Waals surface area (Å²) >= 11 is 1.46. The van der Waals surface area contributed by atoms with Gasteiger partial charge in [-0.3, -0.25) is 9.78 Å². The summed E-state index contributed by atoms with van der Waals surface area (Å²) in [6.45, 7) is 0.602. The molecule has 1 amide bonds. The van der Waals surface area contributed by atoms with E-state index in [1.54, 1.807) is 6.20 Å². The molecule has 19 heavy (non-hydrogen) atoms. The van der Waals surface area contributed by atoms with Crippen molar-refractivity contribution in [1.29, 1.82) is 0 Å². The number of rotatable bonds is 5. The molecule has 5 heteroatoms. The highest BCUT2D eigenvalue weighted by Gasteiger charge is 2.19. The van der Waals surface area contributed by atoms with E-state index in [2.05, 4.69) is 24.4 Å². The summed E-state index contributed by atoms with van der Waals surface area (Å²) in [4.78, 5) is 18.1. The number of nitrogens with zero attached hydrogens (tertiary/aromatic N) is 1. The molecule has 4 nitrogen and oxygen atoms in total. The number of carbonyl (C=O) groups excluding carboxylic acids is 1. The Kier molecular flexibility index (Phi) is 4.65. The number of nitrogens with one attached hydrogen (secondary N) is 2. The van der Waals surface area contributed by atoms with Crippen LogP contribution in [0.15, 0.2) is 42.0 Å². The summed E-state index contributed by atoms with van der Waals surface area (Å²) < 4.78 is 0. The molecule has 0 fully saturated rings. The maximum absolute atomic E-state index is 11.9. The molecule has 100 valence electrons. The summed E-state index contributed by atoms with van der Waals surface area (Å²) in [6, 6.07) is 7.89. The molecule has 0 aromatic carbocycles. The fourth-order valence-electron chi connectivity index (χ4n) is 1.93. The van der Waals surface area contributed by atoms with Gasteiger partial charge in [0, 0.05) is 18.0 Å². The van der Waals surface area contributed by atoms with E-state index in [-0.39, 0.29) is 11.9 Å². The molecule has 2 rings (SSSR count). The summed E-state index contributed by atoms with van der Waals surface area (Å²) in [5.74, 6) is -0.00913. The lowest BCUT2D eigenvalue weighted by Crippen LogP contribution is -3.07. The highest BCUT2D eigenvalue weighted by molar-refractivity contribution is 7.12. The summed E-state index contributed by atoms with van der Waals surface area (Å²) in [5.41, 5.74) is 1.13. The summed E-state index contributed by atoms with van der Waals surface area (Å²) in [6.07, 6.45) is 3.62. The monoisotopic (exact) mass is 276 g/mol. The van der Waals surface area contributed by atoms with Crippen LogP contribution in [0.3, 0.4) is 0 Å². The Morgan fingerprint density at radius 3 is 2.84 bits per heavy atom. The number of hydrogen-bond donors (Lipinski definition) is 2. The van der Waals surface area contributed by atoms with Crippen LogP contribution in [0.25, 0.3) is 0 Å². The van der Waals surface area contributed by atoms with E-state index in [0.717, 1.165) is 10.4 Å². The molecule has 0 radical (unpaired) electrons. The number of amides is 1. The molecule has 0 aliphatic rings. The quantitative estimate of drug-likeness (QED) is 0.847. The zero-order valence-electron chi connectivity index (χ0n) is 11.1. The minimum atomic E-state index is -0.00913. The van der Waals surface area contributed by atoms with Crippen molar-refractivity contribution in [3.8, 4) is 0 Å². The van der Waals surface area contributed by atoms with E-state index in [4.69, 9.17) is 0 Å². The molecule has 2 heterocycles. The average molecular weight is 276 g/mol. The van der Waals surface area contributed by atoms with Gasteiger partial charge >= 0.3 is 0 Å². The molecule has 2 aromatic rings. The lowest BCUT2D eigenvalue weighted by Gasteiger charge is -2.21. The lowest BCUT2D eigenvalue weighted by atomic mass is 10.1. The van der Waals surface area contributed by atoms with Gasteiger partial charge in [0.05, 0.1) is 25.5 Å². The second kappa shape index (κ2) is 6.45. The number of hydrogen-bond acceptors (Lipinski definition) is 3. The van der Waals surface area contributed by atoms with Crippen LogP contribution in [-0.2, 0) is 0 Å². The van der Waals surface area contributed by atoms with Gasteiger partial charge in [0.2, 0.25) is 0 Å². The minimum absolute atomic E-state index is 0.00913. The van der Waals surface area contributed by atoms with Crippen molar-refractivity contribution in [2.24, 2.45) is 0 Å². The van der Waals surface area contributed by atoms with E-state index >= 15 is 0 Å². The normalized spacial score (nSPS) is 12.4. The Hall–Kier alpha value is -1.72. The predicted octanol–water partition coefficient (Wildman–Crippen LogP) is 0.759. The SMILES string of the molecule is C[NH+](C)C(CNC(=O)c1cccs1)c1cccnc1. The summed E-state index contributed by atoms with van der Waals surface area (Å²) in [5, 5.41) is 4.90. The molecule has 0 aliphatic heterocycles. The highest BCUT2D eigenvalue weighted by atomic mass is 32.1. The van der Waals surface area contributed by atoms with Gasteiger partial charge in [-0.15, -0.1) is 11.3 Å². The van der Waals surface area contributed by atoms with Gasteiger partial charge < -0.3 is 10.2 Å². The lowest BCUT2D eigenvalue weighted by molar-refractivity contribution is -0.890. The largest absolute Gasteiger partial charge is 0.345 e. The third-order valence-electron chi connectivity index (χ3n) is 3.00. The molecule has 0 bridgehead atoms. The first-order valence-corrected chi connectivity index (χ1v) is 7.08. The standard InChI is InChI=1S/C14H17N3OS/c1-17(2)12(11-5-3-7-15-9-11)10-16-14(18)13-6-4-8-19-13/h3-9,12H,10H2,1-2H3,(H,16,18)/p+1. The molecule has 1 unspecified atom stereocenters. The fourth-order valence-corrected chi connectivity index (χ4v) is 2.57. The van der Waals surface area contributed by atoms with Gasteiger partial charge in [0.25, 0.3) is 5.91 Å². The number of pyridine rings is 1. The van der Waals surface area contributed by atoms with Gasteiger partial charge in [-0.1, -0.05) is 6.07 Å². The minimum Gasteiger partial charge on any atom is -0.345 e. The average Bonchev–Trinajstić information content (AvgIpc) is 2.93. The Labute approximate surface area is 117 Å². The van der Waals surface area contributed by atoms with Crippen LogP contribution in [0.2, 0.25) is 0 Å². The van der Waals surface area contributed by atoms with Crippen LogP contribution < -0.4 is 10.2 Å². The fraction of sp³-hybridized carbons (Fsp3) is 0.286. The van der Waals surface area contributed by atoms with Crippen molar-refractivity contribution in [2.75, 3.05) is 20.6 Å². The Bertz CT molecular complexity index is 511. The van der Waals surface area contributed by atoms with E-state index in [9.17, 15) is 4.79 Å². The van der Waals surface area contributed by atoms with Crippen LogP contribution in [-0.4, -0.2) is 31.5 Å². The molecule has 0 spiro atoms. The van der Waals surface area contributed by atoms with Crippen molar-refractivity contribution < 1.29 is 9.69 Å². The zero-order chi connectivity index (χ0) is 13.7. The van der Waals surface area contributed by atoms with Crippen LogP contribution >= 0.6 is 11.3 Å². The molecule has 2 aromatic heterocycles. The van der Waals surface area contributed by atoms with Crippen molar-refractivity contribution in [3.63, 3.8) is 0 Å². The summed E-state index contributed by atoms with van der Waals surface area (Å²) in [7, 11) is 4.16. The van der Waals surface area contributed by atoms with Crippen LogP contribution in [0.4, 0.5) is 0 Å². The van der Waals surface area contributed by atoms with E-state index < -0.39 is 0 Å². The van der Waals surface area contributed by atoms with E-state index in [1.165, 1.54) is 16.2 Å². The van der Waals surface area contributed by atoms with E-state index in [1.807, 2.05) is 35.8 Å². The van der Waals surface area contributed by atoms with Gasteiger partial charge in [-0.05, 0) is 23.6 Å². The zero-order valence-corrected chi connectivity index (χ0v) is 11.9. The van der Waals surface area contributed by atoms with Gasteiger partial charge in [0.1, 0.15) is 6.04 Å². The number of aromatic nitrogens is 1. The predicted molar refractivity (Wildman–Crippen MR) is 76.4 cm³/mol. The number of thiophene rings is 1. The molecular weight excluding hydrogens is 258 g/mol. The highest BCUT2D eigenvalue weighted by Crippen LogP contribution is 2.09. The van der Waals surface area contributed by atoms with Gasteiger partial charge in [-0.25, -0.2) is 0 Å². The second-order valence-electron chi connectivity index (χ2n) is 4.60. The second-order valence-corrected chi connectivity index (χ2v) is 5.55. The van der Waals surface area contributed by atoms with Gasteiger partial charge in [0.15, 0.2) is 0 Å². The molecule has 1 atom stereocenters. The first-order valence-electron chi connectivity index (χ1n) is 6.20. The first kappa shape index (κ1) is 13.7. The first-order chi connectivity index (χ1) is 9.18. The maximum atomic E-state index is 11.9. The van der Waals surface area contributed by atoms with Crippen molar-refractivity contribution in [3.05, 3.63) is 52.5 Å². The van der Waals surface area contributed by atoms with E-state index in [0.29, 0.717) is 6.54 Å². The van der Waals surface area contributed by atoms with Crippen LogP contribution in [0.1, 0.15) is 21.3 Å². The molecule has 0 saturated carbocycles. The number of quaternary nitrogens is 1. The third-order valence-corrected chi connectivity index (χ3v) is 3.86. The maximum Gasteiger partial charge on any atom is 0.261 e. The molecule has 0 saturated heterocycles. The molecule has 0 aliphatic carbocycles. The van der Waals surface area contributed by atoms with Crippen molar-refractivity contribution >= 4 is 17.2 Å². The third kappa shape index (κ3) is 3.62. The smallest absolute Gasteiger partial charge is 0.261 e. The van der Waals surface area contributed by atoms with Crippen molar-refractivity contribution in [1.82, 2.24) is 10.3 Å².